The lowest BCUT2D eigenvalue weighted by Gasteiger charge is -2.07. The van der Waals surface area contributed by atoms with Gasteiger partial charge in [0.2, 0.25) is 0 Å². The molecular formula is C18H19N5O2. The summed E-state index contributed by atoms with van der Waals surface area (Å²) in [5.41, 5.74) is 4.34. The van der Waals surface area contributed by atoms with Gasteiger partial charge in [-0.15, -0.1) is 0 Å². The molecule has 0 aliphatic rings. The number of aromatic nitrogens is 3. The predicted molar refractivity (Wildman–Crippen MR) is 95.5 cm³/mol. The summed E-state index contributed by atoms with van der Waals surface area (Å²) in [6.45, 7) is 5.32. The normalized spacial score (nSPS) is 10.6. The van der Waals surface area contributed by atoms with Crippen LogP contribution in [0.25, 0.3) is 0 Å². The highest BCUT2D eigenvalue weighted by Gasteiger charge is 2.12. The Balaban J connectivity index is 1.71. The topological polar surface area (TPSA) is 85.9 Å². The van der Waals surface area contributed by atoms with E-state index in [0.29, 0.717) is 12.4 Å². The number of hydrogen-bond acceptors (Lipinski definition) is 5. The van der Waals surface area contributed by atoms with Crippen molar-refractivity contribution >= 4 is 11.5 Å². The molecule has 128 valence electrons. The molecule has 0 unspecified atom stereocenters. The molecule has 0 saturated carbocycles. The second kappa shape index (κ2) is 7.12. The summed E-state index contributed by atoms with van der Waals surface area (Å²) in [4.78, 5) is 14.3. The third kappa shape index (κ3) is 3.82. The minimum absolute atomic E-state index is 0.0198. The average molecular weight is 337 g/mol. The number of anilines is 1. The van der Waals surface area contributed by atoms with E-state index in [1.165, 1.54) is 17.8 Å². The molecule has 0 aliphatic carbocycles. The van der Waals surface area contributed by atoms with E-state index in [-0.39, 0.29) is 5.69 Å². The molecule has 0 bridgehead atoms. The first kappa shape index (κ1) is 16.6. The lowest BCUT2D eigenvalue weighted by molar-refractivity contribution is -0.385. The number of hydrogen-bond donors (Lipinski definition) is 1. The standard InChI is InChI=1S/C18H19N5O2/c1-13-17(11-20-18-9-8-16(10-19-18)23(24)25)14(2)22(21-13)12-15-6-4-3-5-7-15/h3-10H,11-12H2,1-2H3,(H,19,20). The van der Waals surface area contributed by atoms with Gasteiger partial charge >= 0.3 is 0 Å². The van der Waals surface area contributed by atoms with Gasteiger partial charge in [0.1, 0.15) is 12.0 Å². The molecule has 0 aliphatic heterocycles. The fourth-order valence-corrected chi connectivity index (χ4v) is 2.68. The Morgan fingerprint density at radius 2 is 1.92 bits per heavy atom. The van der Waals surface area contributed by atoms with E-state index >= 15 is 0 Å². The summed E-state index contributed by atoms with van der Waals surface area (Å²) in [6.07, 6.45) is 1.25. The predicted octanol–water partition coefficient (Wildman–Crippen LogP) is 3.46. The highest BCUT2D eigenvalue weighted by atomic mass is 16.6. The molecule has 2 heterocycles. The van der Waals surface area contributed by atoms with E-state index in [9.17, 15) is 10.1 Å². The van der Waals surface area contributed by atoms with Crippen LogP contribution in [0.2, 0.25) is 0 Å². The first-order valence-corrected chi connectivity index (χ1v) is 7.95. The van der Waals surface area contributed by atoms with Gasteiger partial charge in [0.15, 0.2) is 0 Å². The van der Waals surface area contributed by atoms with Crippen LogP contribution in [-0.4, -0.2) is 19.7 Å². The van der Waals surface area contributed by atoms with Crippen LogP contribution in [-0.2, 0) is 13.1 Å². The summed E-state index contributed by atoms with van der Waals surface area (Å²) in [7, 11) is 0. The Labute approximate surface area is 145 Å². The molecule has 25 heavy (non-hydrogen) atoms. The van der Waals surface area contributed by atoms with E-state index in [1.807, 2.05) is 36.7 Å². The molecule has 0 atom stereocenters. The SMILES string of the molecule is Cc1nn(Cc2ccccc2)c(C)c1CNc1ccc([N+](=O)[O-])cn1. The van der Waals surface area contributed by atoms with Gasteiger partial charge in [-0.3, -0.25) is 14.8 Å². The number of rotatable bonds is 6. The Morgan fingerprint density at radius 1 is 1.16 bits per heavy atom. The minimum atomic E-state index is -0.460. The number of nitro groups is 1. The lowest BCUT2D eigenvalue weighted by Crippen LogP contribution is -2.06. The largest absolute Gasteiger partial charge is 0.366 e. The fourth-order valence-electron chi connectivity index (χ4n) is 2.68. The first-order chi connectivity index (χ1) is 12.0. The van der Waals surface area contributed by atoms with E-state index in [0.717, 1.165) is 23.5 Å². The number of benzene rings is 1. The second-order valence-corrected chi connectivity index (χ2v) is 5.80. The quantitative estimate of drug-likeness (QED) is 0.550. The Morgan fingerprint density at radius 3 is 2.56 bits per heavy atom. The highest BCUT2D eigenvalue weighted by molar-refractivity contribution is 5.41. The third-order valence-corrected chi connectivity index (χ3v) is 4.11. The third-order valence-electron chi connectivity index (χ3n) is 4.11. The highest BCUT2D eigenvalue weighted by Crippen LogP contribution is 2.17. The zero-order valence-electron chi connectivity index (χ0n) is 14.1. The van der Waals surface area contributed by atoms with E-state index in [2.05, 4.69) is 27.5 Å². The summed E-state index contributed by atoms with van der Waals surface area (Å²) >= 11 is 0. The molecule has 0 amide bonds. The molecule has 7 nitrogen and oxygen atoms in total. The number of pyridine rings is 1. The average Bonchev–Trinajstić information content (AvgIpc) is 2.88. The molecule has 7 heteroatoms. The van der Waals surface area contributed by atoms with E-state index in [4.69, 9.17) is 0 Å². The summed E-state index contributed by atoms with van der Waals surface area (Å²) in [5, 5.41) is 18.5. The van der Waals surface area contributed by atoms with E-state index < -0.39 is 4.92 Å². The van der Waals surface area contributed by atoms with Gasteiger partial charge in [0.25, 0.3) is 5.69 Å². The van der Waals surface area contributed by atoms with Gasteiger partial charge in [-0.05, 0) is 25.5 Å². The van der Waals surface area contributed by atoms with Gasteiger partial charge in [-0.25, -0.2) is 4.98 Å². The van der Waals surface area contributed by atoms with Gasteiger partial charge < -0.3 is 5.32 Å². The Kier molecular flexibility index (Phi) is 4.74. The summed E-state index contributed by atoms with van der Waals surface area (Å²) < 4.78 is 1.99. The molecule has 0 saturated heterocycles. The van der Waals surface area contributed by atoms with Gasteiger partial charge in [0, 0.05) is 23.9 Å². The molecule has 0 spiro atoms. The molecule has 3 rings (SSSR count). The maximum absolute atomic E-state index is 10.7. The monoisotopic (exact) mass is 337 g/mol. The van der Waals surface area contributed by atoms with Crippen LogP contribution in [0.1, 0.15) is 22.5 Å². The van der Waals surface area contributed by atoms with Crippen molar-refractivity contribution in [3.05, 3.63) is 81.3 Å². The molecule has 1 aromatic carbocycles. The van der Waals surface area contributed by atoms with Crippen molar-refractivity contribution in [1.82, 2.24) is 14.8 Å². The zero-order chi connectivity index (χ0) is 17.8. The van der Waals surface area contributed by atoms with Crippen LogP contribution in [0.5, 0.6) is 0 Å². The number of aryl methyl sites for hydroxylation is 1. The van der Waals surface area contributed by atoms with Gasteiger partial charge in [-0.1, -0.05) is 30.3 Å². The lowest BCUT2D eigenvalue weighted by atomic mass is 10.2. The maximum Gasteiger partial charge on any atom is 0.287 e. The van der Waals surface area contributed by atoms with Crippen LogP contribution in [0, 0.1) is 24.0 Å². The molecule has 0 radical (unpaired) electrons. The van der Waals surface area contributed by atoms with Crippen molar-refractivity contribution in [2.45, 2.75) is 26.9 Å². The van der Waals surface area contributed by atoms with Crippen molar-refractivity contribution in [2.24, 2.45) is 0 Å². The van der Waals surface area contributed by atoms with Crippen molar-refractivity contribution in [3.8, 4) is 0 Å². The molecule has 2 aromatic heterocycles. The van der Waals surface area contributed by atoms with Gasteiger partial charge in [0.05, 0.1) is 17.2 Å². The van der Waals surface area contributed by atoms with Crippen LogP contribution in [0.4, 0.5) is 11.5 Å². The molecule has 3 aromatic rings. The van der Waals surface area contributed by atoms with Crippen molar-refractivity contribution < 1.29 is 4.92 Å². The van der Waals surface area contributed by atoms with Crippen molar-refractivity contribution in [3.63, 3.8) is 0 Å². The molecular weight excluding hydrogens is 318 g/mol. The molecule has 0 fully saturated rings. The number of nitrogens with zero attached hydrogens (tertiary/aromatic N) is 4. The van der Waals surface area contributed by atoms with Crippen LogP contribution in [0.3, 0.4) is 0 Å². The number of nitrogens with one attached hydrogen (secondary N) is 1. The smallest absolute Gasteiger partial charge is 0.287 e. The Bertz CT molecular complexity index is 872. The van der Waals surface area contributed by atoms with Crippen LogP contribution in [0.15, 0.2) is 48.7 Å². The maximum atomic E-state index is 10.7. The van der Waals surface area contributed by atoms with Gasteiger partial charge in [-0.2, -0.15) is 5.10 Å². The molecule has 1 N–H and O–H groups in total. The fraction of sp³-hybridized carbons (Fsp3) is 0.222. The summed E-state index contributed by atoms with van der Waals surface area (Å²) in [5.74, 6) is 0.597. The van der Waals surface area contributed by atoms with Crippen LogP contribution < -0.4 is 5.32 Å². The van der Waals surface area contributed by atoms with Crippen molar-refractivity contribution in [1.29, 1.82) is 0 Å². The Hall–Kier alpha value is -3.22. The zero-order valence-corrected chi connectivity index (χ0v) is 14.1. The van der Waals surface area contributed by atoms with Crippen LogP contribution >= 0.6 is 0 Å². The van der Waals surface area contributed by atoms with E-state index in [1.54, 1.807) is 6.07 Å². The second-order valence-electron chi connectivity index (χ2n) is 5.80. The summed E-state index contributed by atoms with van der Waals surface area (Å²) in [6, 6.07) is 13.2. The first-order valence-electron chi connectivity index (χ1n) is 7.95. The minimum Gasteiger partial charge on any atom is -0.366 e. The van der Waals surface area contributed by atoms with Crippen molar-refractivity contribution in [2.75, 3.05) is 5.32 Å².